The molecule has 0 amide bonds. The molecular formula is C12H23NO2. The highest BCUT2D eigenvalue weighted by molar-refractivity contribution is 4.85. The summed E-state index contributed by atoms with van der Waals surface area (Å²) < 4.78 is 0. The SMILES string of the molecule is OCC1CCN([C@@H]2CCCC[C@H]2O)CC1. The largest absolute Gasteiger partial charge is 0.396 e. The van der Waals surface area contributed by atoms with Crippen LogP contribution in [0.25, 0.3) is 0 Å². The molecule has 0 aromatic carbocycles. The second-order valence-corrected chi connectivity index (χ2v) is 5.08. The average molecular weight is 213 g/mol. The molecule has 1 aliphatic carbocycles. The Hall–Kier alpha value is -0.120. The lowest BCUT2D eigenvalue weighted by Gasteiger charge is -2.41. The number of nitrogens with zero attached hydrogens (tertiary/aromatic N) is 1. The van der Waals surface area contributed by atoms with Crippen molar-refractivity contribution < 1.29 is 10.2 Å². The molecule has 0 spiro atoms. The summed E-state index contributed by atoms with van der Waals surface area (Å²) in [5.74, 6) is 0.502. The van der Waals surface area contributed by atoms with Crippen LogP contribution in [0.3, 0.4) is 0 Å². The van der Waals surface area contributed by atoms with Gasteiger partial charge in [0.15, 0.2) is 0 Å². The van der Waals surface area contributed by atoms with Gasteiger partial charge in [-0.05, 0) is 44.7 Å². The Morgan fingerprint density at radius 1 is 1.00 bits per heavy atom. The topological polar surface area (TPSA) is 43.7 Å². The first-order valence-corrected chi connectivity index (χ1v) is 6.34. The third-order valence-electron chi connectivity index (χ3n) is 4.07. The van der Waals surface area contributed by atoms with Crippen LogP contribution in [-0.4, -0.2) is 47.0 Å². The maximum atomic E-state index is 9.95. The molecule has 2 atom stereocenters. The van der Waals surface area contributed by atoms with Crippen LogP contribution in [-0.2, 0) is 0 Å². The number of piperidine rings is 1. The van der Waals surface area contributed by atoms with Gasteiger partial charge in [0.1, 0.15) is 0 Å². The van der Waals surface area contributed by atoms with Gasteiger partial charge in [0, 0.05) is 12.6 Å². The van der Waals surface area contributed by atoms with Crippen molar-refractivity contribution in [2.24, 2.45) is 5.92 Å². The van der Waals surface area contributed by atoms with Crippen LogP contribution in [0.2, 0.25) is 0 Å². The van der Waals surface area contributed by atoms with Gasteiger partial charge in [0.2, 0.25) is 0 Å². The molecule has 0 aromatic rings. The van der Waals surface area contributed by atoms with Crippen molar-refractivity contribution in [3.05, 3.63) is 0 Å². The van der Waals surface area contributed by atoms with Gasteiger partial charge in [0.25, 0.3) is 0 Å². The smallest absolute Gasteiger partial charge is 0.0695 e. The average Bonchev–Trinajstić information content (AvgIpc) is 2.30. The molecule has 2 aliphatic rings. The maximum Gasteiger partial charge on any atom is 0.0695 e. The summed E-state index contributed by atoms with van der Waals surface area (Å²) in [5, 5.41) is 19.0. The normalized spacial score (nSPS) is 35.6. The van der Waals surface area contributed by atoms with E-state index >= 15 is 0 Å². The van der Waals surface area contributed by atoms with Crippen molar-refractivity contribution in [1.82, 2.24) is 4.90 Å². The number of likely N-dealkylation sites (tertiary alicyclic amines) is 1. The van der Waals surface area contributed by atoms with Gasteiger partial charge in [0.05, 0.1) is 6.10 Å². The fourth-order valence-corrected chi connectivity index (χ4v) is 2.98. The molecule has 0 unspecified atom stereocenters. The number of hydrogen-bond donors (Lipinski definition) is 2. The lowest BCUT2D eigenvalue weighted by Crippen LogP contribution is -2.49. The van der Waals surface area contributed by atoms with Crippen LogP contribution >= 0.6 is 0 Å². The Morgan fingerprint density at radius 2 is 1.67 bits per heavy atom. The van der Waals surface area contributed by atoms with E-state index in [9.17, 15) is 5.11 Å². The van der Waals surface area contributed by atoms with E-state index in [1.807, 2.05) is 0 Å². The molecule has 1 saturated carbocycles. The van der Waals surface area contributed by atoms with E-state index in [0.717, 1.165) is 38.8 Å². The van der Waals surface area contributed by atoms with Crippen molar-refractivity contribution in [1.29, 1.82) is 0 Å². The second kappa shape index (κ2) is 5.28. The van der Waals surface area contributed by atoms with Gasteiger partial charge in [-0.25, -0.2) is 0 Å². The Labute approximate surface area is 92.1 Å². The standard InChI is InChI=1S/C12H23NO2/c14-9-10-5-7-13(8-6-10)11-3-1-2-4-12(11)15/h10-12,14-15H,1-9H2/t11-,12-/m1/s1. The molecule has 88 valence electrons. The molecule has 2 fully saturated rings. The molecule has 15 heavy (non-hydrogen) atoms. The summed E-state index contributed by atoms with van der Waals surface area (Å²) in [7, 11) is 0. The summed E-state index contributed by atoms with van der Waals surface area (Å²) in [6, 6.07) is 0.401. The number of aliphatic hydroxyl groups is 2. The molecule has 1 saturated heterocycles. The summed E-state index contributed by atoms with van der Waals surface area (Å²) in [4.78, 5) is 2.44. The Bertz CT molecular complexity index is 190. The molecule has 2 N–H and O–H groups in total. The van der Waals surface area contributed by atoms with E-state index in [1.165, 1.54) is 12.8 Å². The van der Waals surface area contributed by atoms with Gasteiger partial charge in [-0.1, -0.05) is 12.8 Å². The Morgan fingerprint density at radius 3 is 2.27 bits per heavy atom. The van der Waals surface area contributed by atoms with E-state index in [0.29, 0.717) is 18.6 Å². The predicted molar refractivity (Wildman–Crippen MR) is 59.6 cm³/mol. The number of aliphatic hydroxyl groups excluding tert-OH is 2. The Balaban J connectivity index is 1.83. The third-order valence-corrected chi connectivity index (χ3v) is 4.07. The second-order valence-electron chi connectivity index (χ2n) is 5.08. The molecule has 1 heterocycles. The van der Waals surface area contributed by atoms with Crippen LogP contribution in [0.5, 0.6) is 0 Å². The summed E-state index contributed by atoms with van der Waals surface area (Å²) in [6.45, 7) is 2.46. The highest BCUT2D eigenvalue weighted by atomic mass is 16.3. The minimum atomic E-state index is -0.107. The van der Waals surface area contributed by atoms with Crippen LogP contribution in [0, 0.1) is 5.92 Å². The third kappa shape index (κ3) is 2.71. The van der Waals surface area contributed by atoms with Gasteiger partial charge >= 0.3 is 0 Å². The molecule has 2 rings (SSSR count). The van der Waals surface area contributed by atoms with Gasteiger partial charge in [-0.2, -0.15) is 0 Å². The summed E-state index contributed by atoms with van der Waals surface area (Å²) in [5.41, 5.74) is 0. The van der Waals surface area contributed by atoms with Crippen LogP contribution in [0.4, 0.5) is 0 Å². The molecule has 1 aliphatic heterocycles. The molecule has 3 nitrogen and oxygen atoms in total. The zero-order valence-electron chi connectivity index (χ0n) is 9.44. The zero-order chi connectivity index (χ0) is 10.7. The number of hydrogen-bond acceptors (Lipinski definition) is 3. The zero-order valence-corrected chi connectivity index (χ0v) is 9.44. The van der Waals surface area contributed by atoms with Crippen LogP contribution in [0.1, 0.15) is 38.5 Å². The first-order chi connectivity index (χ1) is 7.31. The Kier molecular flexibility index (Phi) is 4.00. The van der Waals surface area contributed by atoms with Gasteiger partial charge in [-0.3, -0.25) is 4.90 Å². The van der Waals surface area contributed by atoms with E-state index in [-0.39, 0.29) is 6.10 Å². The lowest BCUT2D eigenvalue weighted by atomic mass is 9.88. The van der Waals surface area contributed by atoms with E-state index in [2.05, 4.69) is 4.90 Å². The molecule has 0 bridgehead atoms. The minimum absolute atomic E-state index is 0.107. The van der Waals surface area contributed by atoms with Gasteiger partial charge in [-0.15, -0.1) is 0 Å². The fourth-order valence-electron chi connectivity index (χ4n) is 2.98. The molecule has 3 heteroatoms. The van der Waals surface area contributed by atoms with Crippen molar-refractivity contribution in [2.45, 2.75) is 50.7 Å². The van der Waals surface area contributed by atoms with Crippen molar-refractivity contribution in [3.8, 4) is 0 Å². The van der Waals surface area contributed by atoms with Crippen molar-refractivity contribution in [3.63, 3.8) is 0 Å². The lowest BCUT2D eigenvalue weighted by molar-refractivity contribution is -0.000561. The molecular weight excluding hydrogens is 190 g/mol. The highest BCUT2D eigenvalue weighted by Gasteiger charge is 2.30. The summed E-state index contributed by atoms with van der Waals surface area (Å²) >= 11 is 0. The molecule has 0 aromatic heterocycles. The number of rotatable bonds is 2. The van der Waals surface area contributed by atoms with Crippen LogP contribution in [0.15, 0.2) is 0 Å². The quantitative estimate of drug-likeness (QED) is 0.719. The van der Waals surface area contributed by atoms with Crippen molar-refractivity contribution >= 4 is 0 Å². The minimum Gasteiger partial charge on any atom is -0.396 e. The maximum absolute atomic E-state index is 9.95. The first kappa shape index (κ1) is 11.4. The predicted octanol–water partition coefficient (Wildman–Crippen LogP) is 0.994. The van der Waals surface area contributed by atoms with E-state index in [1.54, 1.807) is 0 Å². The first-order valence-electron chi connectivity index (χ1n) is 6.34. The fraction of sp³-hybridized carbons (Fsp3) is 1.00. The van der Waals surface area contributed by atoms with Crippen LogP contribution < -0.4 is 0 Å². The molecule has 0 radical (unpaired) electrons. The summed E-state index contributed by atoms with van der Waals surface area (Å²) in [6.07, 6.45) is 6.67. The van der Waals surface area contributed by atoms with E-state index in [4.69, 9.17) is 5.11 Å². The van der Waals surface area contributed by atoms with Crippen molar-refractivity contribution in [2.75, 3.05) is 19.7 Å². The highest BCUT2D eigenvalue weighted by Crippen LogP contribution is 2.27. The monoisotopic (exact) mass is 213 g/mol. The van der Waals surface area contributed by atoms with Gasteiger partial charge < -0.3 is 10.2 Å². The van der Waals surface area contributed by atoms with E-state index < -0.39 is 0 Å².